The van der Waals surface area contributed by atoms with E-state index in [1.165, 1.54) is 30.8 Å². The van der Waals surface area contributed by atoms with Crippen LogP contribution in [0.5, 0.6) is 0 Å². The predicted molar refractivity (Wildman–Crippen MR) is 161 cm³/mol. The number of hydrazine groups is 1. The zero-order chi connectivity index (χ0) is 30.3. The third-order valence-electron chi connectivity index (χ3n) is 6.55. The molecule has 2 aromatic carbocycles. The number of non-ortho nitro benzene ring substituents is 1. The molecule has 0 aliphatic rings. The van der Waals surface area contributed by atoms with Crippen molar-refractivity contribution < 1.29 is 19.3 Å². The van der Waals surface area contributed by atoms with Crippen molar-refractivity contribution in [1.82, 2.24) is 24.8 Å². The molecule has 3 amide bonds. The number of aromatic nitrogens is 2. The minimum atomic E-state index is -1.06. The predicted octanol–water partition coefficient (Wildman–Crippen LogP) is 3.42. The van der Waals surface area contributed by atoms with E-state index in [0.717, 1.165) is 10.6 Å². The normalized spacial score (nSPS) is 11.5. The number of rotatable bonds is 16. The van der Waals surface area contributed by atoms with E-state index in [-0.39, 0.29) is 17.2 Å². The molecule has 0 radical (unpaired) electrons. The molecule has 224 valence electrons. The zero-order valence-electron chi connectivity index (χ0n) is 23.6. The summed E-state index contributed by atoms with van der Waals surface area (Å²) in [4.78, 5) is 54.7. The molecule has 1 aromatic heterocycles. The van der Waals surface area contributed by atoms with Crippen LogP contribution < -0.4 is 11.2 Å². The molecule has 0 aliphatic heterocycles. The first-order chi connectivity index (χ1) is 20.2. The Labute approximate surface area is 249 Å². The molecule has 0 fully saturated rings. The van der Waals surface area contributed by atoms with E-state index in [0.29, 0.717) is 56.8 Å². The number of nitrogens with zero attached hydrogens (tertiary/aromatic N) is 5. The number of benzene rings is 2. The van der Waals surface area contributed by atoms with Crippen molar-refractivity contribution in [2.75, 3.05) is 25.4 Å². The summed E-state index contributed by atoms with van der Waals surface area (Å²) in [5.74, 6) is 6.52. The summed E-state index contributed by atoms with van der Waals surface area (Å²) in [5, 5.41) is 14.9. The fourth-order valence-electron chi connectivity index (χ4n) is 4.28. The number of nitrogens with two attached hydrogens (primary N) is 1. The lowest BCUT2D eigenvalue weighted by molar-refractivity contribution is -0.384. The first-order valence-corrected chi connectivity index (χ1v) is 14.7. The van der Waals surface area contributed by atoms with Crippen molar-refractivity contribution in [3.63, 3.8) is 0 Å². The van der Waals surface area contributed by atoms with Gasteiger partial charge >= 0.3 is 6.03 Å². The average Bonchev–Trinajstić information content (AvgIpc) is 3.51. The van der Waals surface area contributed by atoms with Gasteiger partial charge in [0.1, 0.15) is 6.04 Å². The molecular formula is C29H37N7O5S. The number of aryl methyl sites for hydroxylation is 1. The smallest absolute Gasteiger partial charge is 0.334 e. The molecule has 13 heteroatoms. The van der Waals surface area contributed by atoms with Crippen molar-refractivity contribution in [2.24, 2.45) is 5.84 Å². The summed E-state index contributed by atoms with van der Waals surface area (Å²) in [7, 11) is 0. The monoisotopic (exact) mass is 595 g/mol. The van der Waals surface area contributed by atoms with E-state index in [2.05, 4.69) is 10.3 Å². The fourth-order valence-corrected chi connectivity index (χ4v) is 4.85. The lowest BCUT2D eigenvalue weighted by Gasteiger charge is -2.32. The summed E-state index contributed by atoms with van der Waals surface area (Å²) >= 11 is 1.19. The van der Waals surface area contributed by atoms with Gasteiger partial charge in [0.15, 0.2) is 5.12 Å². The van der Waals surface area contributed by atoms with Gasteiger partial charge in [0.25, 0.3) is 5.69 Å². The second-order valence-corrected chi connectivity index (χ2v) is 11.0. The Hall–Kier alpha value is -4.23. The summed E-state index contributed by atoms with van der Waals surface area (Å²) in [5.41, 5.74) is 1.60. The largest absolute Gasteiger partial charge is 0.354 e. The van der Waals surface area contributed by atoms with Crippen molar-refractivity contribution >= 4 is 34.5 Å². The van der Waals surface area contributed by atoms with Crippen LogP contribution in [0.4, 0.5) is 10.5 Å². The van der Waals surface area contributed by atoms with Crippen LogP contribution in [0.1, 0.15) is 30.9 Å². The molecule has 0 unspecified atom stereocenters. The van der Waals surface area contributed by atoms with Gasteiger partial charge in [-0.1, -0.05) is 54.2 Å². The molecule has 12 nitrogen and oxygen atoms in total. The van der Waals surface area contributed by atoms with Gasteiger partial charge in [-0.25, -0.2) is 20.6 Å². The minimum absolute atomic E-state index is 0.00508. The average molecular weight is 596 g/mol. The SMILES string of the molecule is CC(=O)SCCCN(CCc1ccccc1)C(=O)N(N)[C@@H](Cc1ccc([N+](=O)[O-])cc1)C(=O)NCCCn1ccnc1. The maximum absolute atomic E-state index is 13.7. The number of thioether (sulfide) groups is 1. The van der Waals surface area contributed by atoms with Gasteiger partial charge in [-0.05, 0) is 30.4 Å². The number of amides is 3. The van der Waals surface area contributed by atoms with E-state index in [9.17, 15) is 24.5 Å². The number of nitro benzene ring substituents is 1. The highest BCUT2D eigenvalue weighted by Gasteiger charge is 2.31. The molecule has 1 atom stereocenters. The first-order valence-electron chi connectivity index (χ1n) is 13.7. The van der Waals surface area contributed by atoms with Gasteiger partial charge in [-0.3, -0.25) is 19.7 Å². The lowest BCUT2D eigenvalue weighted by atomic mass is 10.0. The first kappa shape index (κ1) is 32.3. The quantitative estimate of drug-likeness (QED) is 0.0839. The van der Waals surface area contributed by atoms with Crippen LogP contribution >= 0.6 is 11.8 Å². The number of hydrogen-bond acceptors (Lipinski definition) is 8. The Morgan fingerprint density at radius 2 is 1.81 bits per heavy atom. The van der Waals surface area contributed by atoms with Gasteiger partial charge in [-0.2, -0.15) is 0 Å². The molecule has 42 heavy (non-hydrogen) atoms. The lowest BCUT2D eigenvalue weighted by Crippen LogP contribution is -2.58. The summed E-state index contributed by atoms with van der Waals surface area (Å²) in [6.07, 6.45) is 7.08. The highest BCUT2D eigenvalue weighted by atomic mass is 32.2. The van der Waals surface area contributed by atoms with E-state index >= 15 is 0 Å². The molecular weight excluding hydrogens is 558 g/mol. The molecule has 3 N–H and O–H groups in total. The molecule has 0 spiro atoms. The Bertz CT molecular complexity index is 1290. The van der Waals surface area contributed by atoms with Crippen molar-refractivity contribution in [1.29, 1.82) is 0 Å². The standard InChI is InChI=1S/C29H37N7O5S/c1-23(37)42-20-6-17-34(18-13-24-7-3-2-4-8-24)29(39)35(30)27(21-25-9-11-26(12-10-25)36(40)41)28(38)32-14-5-16-33-19-15-31-22-33/h2-4,7-12,15,19,22,27H,5-6,13-14,16-18,20-21,30H2,1H3,(H,32,38)/t27-/m0/s1. The summed E-state index contributed by atoms with van der Waals surface area (Å²) in [6, 6.07) is 14.0. The van der Waals surface area contributed by atoms with Gasteiger partial charge in [0.05, 0.1) is 11.3 Å². The Morgan fingerprint density at radius 3 is 2.45 bits per heavy atom. The van der Waals surface area contributed by atoms with E-state index in [4.69, 9.17) is 5.84 Å². The molecule has 0 aliphatic carbocycles. The Balaban J connectivity index is 1.74. The molecule has 1 heterocycles. The van der Waals surface area contributed by atoms with Crippen molar-refractivity contribution in [3.8, 4) is 0 Å². The molecule has 0 saturated carbocycles. The van der Waals surface area contributed by atoms with Crippen LogP contribution in [0, 0.1) is 10.1 Å². The second-order valence-electron chi connectivity index (χ2n) is 9.69. The van der Waals surface area contributed by atoms with Crippen LogP contribution in [0.15, 0.2) is 73.3 Å². The maximum Gasteiger partial charge on any atom is 0.334 e. The van der Waals surface area contributed by atoms with E-state index in [1.807, 2.05) is 41.1 Å². The van der Waals surface area contributed by atoms with Crippen LogP contribution in [0.2, 0.25) is 0 Å². The van der Waals surface area contributed by atoms with Crippen LogP contribution in [0.3, 0.4) is 0 Å². The number of urea groups is 1. The van der Waals surface area contributed by atoms with Gasteiger partial charge in [0, 0.05) is 69.8 Å². The van der Waals surface area contributed by atoms with Crippen molar-refractivity contribution in [2.45, 2.75) is 45.2 Å². The third kappa shape index (κ3) is 10.6. The molecule has 3 rings (SSSR count). The number of imidazole rings is 1. The molecule has 3 aromatic rings. The number of carbonyl (C=O) groups is 3. The Morgan fingerprint density at radius 1 is 1.07 bits per heavy atom. The Kier molecular flexibility index (Phi) is 13.0. The zero-order valence-corrected chi connectivity index (χ0v) is 24.4. The summed E-state index contributed by atoms with van der Waals surface area (Å²) in [6.45, 7) is 3.25. The number of carbonyl (C=O) groups excluding carboxylic acids is 3. The topological polar surface area (TPSA) is 157 Å². The van der Waals surface area contributed by atoms with Crippen LogP contribution in [-0.2, 0) is 29.0 Å². The highest BCUT2D eigenvalue weighted by Crippen LogP contribution is 2.16. The number of nitro groups is 1. The van der Waals surface area contributed by atoms with Crippen LogP contribution in [0.25, 0.3) is 0 Å². The summed E-state index contributed by atoms with van der Waals surface area (Å²) < 4.78 is 1.90. The fraction of sp³-hybridized carbons (Fsp3) is 0.379. The highest BCUT2D eigenvalue weighted by molar-refractivity contribution is 8.13. The molecule has 0 bridgehead atoms. The van der Waals surface area contributed by atoms with Gasteiger partial charge < -0.3 is 14.8 Å². The minimum Gasteiger partial charge on any atom is -0.354 e. The van der Waals surface area contributed by atoms with Gasteiger partial charge in [0.2, 0.25) is 5.91 Å². The van der Waals surface area contributed by atoms with Crippen molar-refractivity contribution in [3.05, 3.63) is 94.6 Å². The van der Waals surface area contributed by atoms with Gasteiger partial charge in [-0.15, -0.1) is 0 Å². The third-order valence-corrected chi connectivity index (χ3v) is 7.45. The molecule has 0 saturated heterocycles. The number of hydrogen-bond donors (Lipinski definition) is 2. The maximum atomic E-state index is 13.7. The van der Waals surface area contributed by atoms with E-state index in [1.54, 1.807) is 29.6 Å². The number of nitrogens with one attached hydrogen (secondary N) is 1. The second kappa shape index (κ2) is 16.9. The van der Waals surface area contributed by atoms with Crippen LogP contribution in [-0.4, -0.2) is 72.9 Å². The van der Waals surface area contributed by atoms with E-state index < -0.39 is 22.9 Å².